The van der Waals surface area contributed by atoms with Crippen molar-refractivity contribution in [2.45, 2.75) is 59.1 Å². The highest BCUT2D eigenvalue weighted by molar-refractivity contribution is 5.79. The average Bonchev–Trinajstić information content (AvgIpc) is 2.79. The Morgan fingerprint density at radius 2 is 1.86 bits per heavy atom. The molecule has 0 aliphatic rings. The van der Waals surface area contributed by atoms with Gasteiger partial charge >= 0.3 is 0 Å². The molecular weight excluding hydrogens is 262 g/mol. The predicted molar refractivity (Wildman–Crippen MR) is 88.1 cm³/mol. The Balaban J connectivity index is 2.05. The number of benzene rings is 1. The minimum atomic E-state index is 0.106. The Hall–Kier alpha value is -1.48. The molecule has 21 heavy (non-hydrogen) atoms. The summed E-state index contributed by atoms with van der Waals surface area (Å²) in [6.45, 7) is 13.6. The number of ether oxygens (including phenoxy) is 1. The Morgan fingerprint density at radius 3 is 2.48 bits per heavy atom. The fraction of sp³-hybridized carbons (Fsp3) is 0.556. The first-order valence-electron chi connectivity index (χ1n) is 7.70. The minimum Gasteiger partial charge on any atom is -0.489 e. The van der Waals surface area contributed by atoms with Gasteiger partial charge in [0, 0.05) is 29.5 Å². The van der Waals surface area contributed by atoms with Crippen LogP contribution in [0.15, 0.2) is 28.7 Å². The second kappa shape index (κ2) is 6.10. The lowest BCUT2D eigenvalue weighted by Crippen LogP contribution is -2.41. The zero-order valence-electron chi connectivity index (χ0n) is 14.0. The van der Waals surface area contributed by atoms with Crippen LogP contribution >= 0.6 is 0 Å². The Kier molecular flexibility index (Phi) is 4.62. The molecule has 3 nitrogen and oxygen atoms in total. The van der Waals surface area contributed by atoms with E-state index in [2.05, 4.69) is 59.0 Å². The van der Waals surface area contributed by atoms with Crippen molar-refractivity contribution in [3.63, 3.8) is 0 Å². The first kappa shape index (κ1) is 15.9. The Morgan fingerprint density at radius 1 is 1.14 bits per heavy atom. The zero-order chi connectivity index (χ0) is 15.6. The third-order valence-electron chi connectivity index (χ3n) is 3.34. The van der Waals surface area contributed by atoms with Gasteiger partial charge in [-0.15, -0.1) is 0 Å². The molecule has 0 fully saturated rings. The molecule has 1 heterocycles. The van der Waals surface area contributed by atoms with Crippen LogP contribution in [0, 0.1) is 0 Å². The molecule has 0 aliphatic heterocycles. The molecule has 0 bridgehead atoms. The highest BCUT2D eigenvalue weighted by Gasteiger charge is 2.13. The van der Waals surface area contributed by atoms with Crippen LogP contribution in [-0.4, -0.2) is 18.2 Å². The number of rotatable bonds is 5. The van der Waals surface area contributed by atoms with Crippen LogP contribution in [0.1, 0.15) is 53.2 Å². The van der Waals surface area contributed by atoms with E-state index in [-0.39, 0.29) is 11.6 Å². The van der Waals surface area contributed by atoms with Gasteiger partial charge in [0.25, 0.3) is 0 Å². The Bertz CT molecular complexity index is 593. The minimum absolute atomic E-state index is 0.106. The lowest BCUT2D eigenvalue weighted by Gasteiger charge is -2.24. The second-order valence-electron chi connectivity index (χ2n) is 7.06. The van der Waals surface area contributed by atoms with E-state index in [9.17, 15) is 0 Å². The molecule has 1 unspecified atom stereocenters. The smallest absolute Gasteiger partial charge is 0.137 e. The van der Waals surface area contributed by atoms with E-state index < -0.39 is 0 Å². The highest BCUT2D eigenvalue weighted by Crippen LogP contribution is 2.28. The molecule has 0 saturated heterocycles. The first-order chi connectivity index (χ1) is 9.74. The SMILES string of the molecule is CC(CNC(C)(C)C)Oc1ccc2cc(C(C)C)oc2c1. The second-order valence-corrected chi connectivity index (χ2v) is 7.06. The summed E-state index contributed by atoms with van der Waals surface area (Å²) in [5, 5.41) is 4.58. The topological polar surface area (TPSA) is 34.4 Å². The lowest BCUT2D eigenvalue weighted by atomic mass is 10.1. The van der Waals surface area contributed by atoms with E-state index in [4.69, 9.17) is 9.15 Å². The van der Waals surface area contributed by atoms with Gasteiger partial charge in [0.15, 0.2) is 0 Å². The normalized spacial score (nSPS) is 13.9. The van der Waals surface area contributed by atoms with Crippen molar-refractivity contribution in [1.82, 2.24) is 5.32 Å². The number of furan rings is 1. The van der Waals surface area contributed by atoms with Crippen molar-refractivity contribution in [3.8, 4) is 5.75 Å². The van der Waals surface area contributed by atoms with Gasteiger partial charge in [-0.05, 0) is 45.9 Å². The molecule has 1 aromatic carbocycles. The van der Waals surface area contributed by atoms with Crippen LogP contribution in [0.3, 0.4) is 0 Å². The van der Waals surface area contributed by atoms with E-state index in [1.807, 2.05) is 12.1 Å². The van der Waals surface area contributed by atoms with Crippen LogP contribution < -0.4 is 10.1 Å². The Labute approximate surface area is 127 Å². The first-order valence-corrected chi connectivity index (χ1v) is 7.70. The summed E-state index contributed by atoms with van der Waals surface area (Å²) in [7, 11) is 0. The predicted octanol–water partition coefficient (Wildman–Crippen LogP) is 4.71. The zero-order valence-corrected chi connectivity index (χ0v) is 14.0. The van der Waals surface area contributed by atoms with E-state index in [1.165, 1.54) is 0 Å². The van der Waals surface area contributed by atoms with Crippen LogP contribution in [0.4, 0.5) is 0 Å². The molecule has 1 atom stereocenters. The fourth-order valence-corrected chi connectivity index (χ4v) is 2.11. The van der Waals surface area contributed by atoms with Crippen molar-refractivity contribution in [2.24, 2.45) is 0 Å². The van der Waals surface area contributed by atoms with Crippen LogP contribution in [0.5, 0.6) is 5.75 Å². The fourth-order valence-electron chi connectivity index (χ4n) is 2.11. The van der Waals surface area contributed by atoms with Gasteiger partial charge in [-0.1, -0.05) is 13.8 Å². The van der Waals surface area contributed by atoms with Gasteiger partial charge in [-0.25, -0.2) is 0 Å². The van der Waals surface area contributed by atoms with Gasteiger partial charge < -0.3 is 14.5 Å². The van der Waals surface area contributed by atoms with Crippen molar-refractivity contribution in [1.29, 1.82) is 0 Å². The molecule has 3 heteroatoms. The standard InChI is InChI=1S/C18H27NO2/c1-12(2)16-9-14-7-8-15(10-17(14)21-16)20-13(3)11-19-18(4,5)6/h7-10,12-13,19H,11H2,1-6H3. The molecule has 0 radical (unpaired) electrons. The van der Waals surface area contributed by atoms with E-state index >= 15 is 0 Å². The van der Waals surface area contributed by atoms with E-state index in [0.717, 1.165) is 29.0 Å². The quantitative estimate of drug-likeness (QED) is 0.865. The number of nitrogens with one attached hydrogen (secondary N) is 1. The number of hydrogen-bond acceptors (Lipinski definition) is 3. The van der Waals surface area contributed by atoms with Crippen molar-refractivity contribution >= 4 is 11.0 Å². The summed E-state index contributed by atoms with van der Waals surface area (Å²) in [5.74, 6) is 2.27. The summed E-state index contributed by atoms with van der Waals surface area (Å²) in [6, 6.07) is 8.16. The maximum absolute atomic E-state index is 5.97. The van der Waals surface area contributed by atoms with E-state index in [0.29, 0.717) is 5.92 Å². The third kappa shape index (κ3) is 4.50. The molecular formula is C18H27NO2. The summed E-state index contributed by atoms with van der Waals surface area (Å²) in [5.41, 5.74) is 1.00. The maximum atomic E-state index is 5.97. The molecule has 0 spiro atoms. The molecule has 1 N–H and O–H groups in total. The summed E-state index contributed by atoms with van der Waals surface area (Å²) in [6.07, 6.45) is 0.112. The van der Waals surface area contributed by atoms with Crippen molar-refractivity contribution in [2.75, 3.05) is 6.54 Å². The molecule has 0 saturated carbocycles. The van der Waals surface area contributed by atoms with Crippen LogP contribution in [0.25, 0.3) is 11.0 Å². The molecule has 2 rings (SSSR count). The summed E-state index contributed by atoms with van der Waals surface area (Å²) < 4.78 is 11.8. The average molecular weight is 289 g/mol. The van der Waals surface area contributed by atoms with Gasteiger partial charge in [0.2, 0.25) is 0 Å². The van der Waals surface area contributed by atoms with Gasteiger partial charge in [0.1, 0.15) is 23.2 Å². The monoisotopic (exact) mass is 289 g/mol. The molecule has 1 aromatic heterocycles. The van der Waals surface area contributed by atoms with Gasteiger partial charge in [-0.2, -0.15) is 0 Å². The molecule has 0 amide bonds. The van der Waals surface area contributed by atoms with Gasteiger partial charge in [0.05, 0.1) is 0 Å². The third-order valence-corrected chi connectivity index (χ3v) is 3.34. The van der Waals surface area contributed by atoms with Crippen molar-refractivity contribution < 1.29 is 9.15 Å². The molecule has 2 aromatic rings. The highest BCUT2D eigenvalue weighted by atomic mass is 16.5. The largest absolute Gasteiger partial charge is 0.489 e. The molecule has 116 valence electrons. The van der Waals surface area contributed by atoms with E-state index in [1.54, 1.807) is 0 Å². The van der Waals surface area contributed by atoms with Crippen LogP contribution in [-0.2, 0) is 0 Å². The molecule has 0 aliphatic carbocycles. The lowest BCUT2D eigenvalue weighted by molar-refractivity contribution is 0.203. The number of hydrogen-bond donors (Lipinski definition) is 1. The summed E-state index contributed by atoms with van der Waals surface area (Å²) >= 11 is 0. The number of fused-ring (bicyclic) bond motifs is 1. The van der Waals surface area contributed by atoms with Gasteiger partial charge in [-0.3, -0.25) is 0 Å². The van der Waals surface area contributed by atoms with Crippen molar-refractivity contribution in [3.05, 3.63) is 30.0 Å². The summed E-state index contributed by atoms with van der Waals surface area (Å²) in [4.78, 5) is 0. The maximum Gasteiger partial charge on any atom is 0.137 e. The van der Waals surface area contributed by atoms with Crippen LogP contribution in [0.2, 0.25) is 0 Å².